The third-order valence-corrected chi connectivity index (χ3v) is 7.30. The second-order valence-corrected chi connectivity index (χ2v) is 10.3. The van der Waals surface area contributed by atoms with Crippen molar-refractivity contribution < 1.29 is 4.79 Å². The molecule has 0 radical (unpaired) electrons. The van der Waals surface area contributed by atoms with Crippen molar-refractivity contribution in [1.29, 1.82) is 0 Å². The Hall–Kier alpha value is -2.19. The second kappa shape index (κ2) is 12.0. The van der Waals surface area contributed by atoms with Gasteiger partial charge in [0.15, 0.2) is 0 Å². The lowest BCUT2D eigenvalue weighted by Gasteiger charge is -2.29. The second-order valence-electron chi connectivity index (χ2n) is 9.88. The molecule has 186 valence electrons. The minimum Gasteiger partial charge on any atom is -0.353 e. The number of carbonyl (C=O) groups excluding carboxylic acids is 1. The largest absolute Gasteiger partial charge is 0.353 e. The maximum atomic E-state index is 12.2. The Balaban J connectivity index is 1.27. The molecule has 2 aromatic heterocycles. The summed E-state index contributed by atoms with van der Waals surface area (Å²) in [4.78, 5) is 21.4. The van der Waals surface area contributed by atoms with Crippen LogP contribution in [-0.4, -0.2) is 44.3 Å². The van der Waals surface area contributed by atoms with Gasteiger partial charge in [0.05, 0.1) is 23.1 Å². The lowest BCUT2D eigenvalue weighted by molar-refractivity contribution is -0.122. The molecule has 2 heterocycles. The number of halogens is 1. The van der Waals surface area contributed by atoms with Crippen molar-refractivity contribution >= 4 is 23.5 Å². The van der Waals surface area contributed by atoms with E-state index in [4.69, 9.17) is 22.3 Å². The third kappa shape index (κ3) is 6.92. The van der Waals surface area contributed by atoms with Crippen LogP contribution in [0.3, 0.4) is 0 Å². The van der Waals surface area contributed by atoms with E-state index in [9.17, 15) is 4.79 Å². The summed E-state index contributed by atoms with van der Waals surface area (Å²) in [5.74, 6) is 1.53. The Kier molecular flexibility index (Phi) is 8.78. The van der Waals surface area contributed by atoms with Gasteiger partial charge in [0.1, 0.15) is 0 Å². The van der Waals surface area contributed by atoms with Gasteiger partial charge in [-0.1, -0.05) is 24.4 Å². The fourth-order valence-electron chi connectivity index (χ4n) is 4.77. The average molecular weight is 488 g/mol. The Morgan fingerprint density at radius 2 is 1.82 bits per heavy atom. The average Bonchev–Trinajstić information content (AvgIpc) is 3.58. The molecular formula is C25H38ClN7O. The summed E-state index contributed by atoms with van der Waals surface area (Å²) in [7, 11) is 1.98. The molecular weight excluding hydrogens is 450 g/mol. The quantitative estimate of drug-likeness (QED) is 0.386. The van der Waals surface area contributed by atoms with Crippen LogP contribution in [0.15, 0.2) is 12.4 Å². The van der Waals surface area contributed by atoms with E-state index in [2.05, 4.69) is 20.7 Å². The van der Waals surface area contributed by atoms with Crippen LogP contribution in [0, 0.1) is 5.92 Å². The zero-order chi connectivity index (χ0) is 23.9. The van der Waals surface area contributed by atoms with Crippen LogP contribution in [0.4, 0.5) is 5.95 Å². The first-order chi connectivity index (χ1) is 16.5. The van der Waals surface area contributed by atoms with E-state index in [1.165, 1.54) is 18.5 Å². The van der Waals surface area contributed by atoms with Crippen molar-refractivity contribution in [2.75, 3.05) is 11.9 Å². The van der Waals surface area contributed by atoms with Crippen LogP contribution in [0.2, 0.25) is 5.02 Å². The SMILES string of the molecule is Cn1ncc(-c2nc(NC3CCC(NC(=O)CCCCCCN)CC3)ncc2Cl)c1CC1CC1. The van der Waals surface area contributed by atoms with Crippen LogP contribution >= 0.6 is 11.6 Å². The molecule has 4 rings (SSSR count). The smallest absolute Gasteiger partial charge is 0.223 e. The van der Waals surface area contributed by atoms with E-state index in [1.54, 1.807) is 6.20 Å². The van der Waals surface area contributed by atoms with Crippen molar-refractivity contribution in [2.24, 2.45) is 18.7 Å². The van der Waals surface area contributed by atoms with Gasteiger partial charge in [0, 0.05) is 36.8 Å². The number of aromatic nitrogens is 4. The van der Waals surface area contributed by atoms with Crippen LogP contribution in [0.1, 0.15) is 76.3 Å². The third-order valence-electron chi connectivity index (χ3n) is 7.02. The normalized spacial score (nSPS) is 20.3. The van der Waals surface area contributed by atoms with Crippen molar-refractivity contribution in [3.63, 3.8) is 0 Å². The molecule has 2 aliphatic rings. The van der Waals surface area contributed by atoms with Gasteiger partial charge < -0.3 is 16.4 Å². The molecule has 0 saturated heterocycles. The number of aryl methyl sites for hydroxylation is 1. The summed E-state index contributed by atoms with van der Waals surface area (Å²) in [5, 5.41) is 11.7. The van der Waals surface area contributed by atoms with Crippen molar-refractivity contribution in [2.45, 2.75) is 89.1 Å². The Labute approximate surface area is 207 Å². The number of rotatable bonds is 12. The number of amides is 1. The van der Waals surface area contributed by atoms with Gasteiger partial charge in [-0.2, -0.15) is 5.10 Å². The summed E-state index contributed by atoms with van der Waals surface area (Å²) in [6.45, 7) is 0.733. The van der Waals surface area contributed by atoms with Crippen LogP contribution in [0.25, 0.3) is 11.3 Å². The Bertz CT molecular complexity index is 951. The number of hydrogen-bond acceptors (Lipinski definition) is 6. The van der Waals surface area contributed by atoms with Gasteiger partial charge >= 0.3 is 0 Å². The lowest BCUT2D eigenvalue weighted by Crippen LogP contribution is -2.40. The van der Waals surface area contributed by atoms with Gasteiger partial charge in [-0.25, -0.2) is 9.97 Å². The summed E-state index contributed by atoms with van der Waals surface area (Å²) in [5.41, 5.74) is 8.45. The Morgan fingerprint density at radius 1 is 1.09 bits per heavy atom. The van der Waals surface area contributed by atoms with E-state index < -0.39 is 0 Å². The molecule has 0 aliphatic heterocycles. The number of unbranched alkanes of at least 4 members (excludes halogenated alkanes) is 3. The monoisotopic (exact) mass is 487 g/mol. The molecule has 2 saturated carbocycles. The van der Waals surface area contributed by atoms with Crippen molar-refractivity contribution in [1.82, 2.24) is 25.1 Å². The maximum absolute atomic E-state index is 12.2. The number of hydrogen-bond donors (Lipinski definition) is 3. The summed E-state index contributed by atoms with van der Waals surface area (Å²) >= 11 is 6.50. The maximum Gasteiger partial charge on any atom is 0.223 e. The number of nitrogens with zero attached hydrogens (tertiary/aromatic N) is 4. The standard InChI is InChI=1S/C25H38ClN7O/c1-33-22(14-17-7-8-17)20(15-29-33)24-21(26)16-28-25(32-24)31-19-11-9-18(10-12-19)30-23(34)6-4-2-3-5-13-27/h15-19H,2-14,27H2,1H3,(H,30,34)(H,28,31,32). The number of carbonyl (C=O) groups is 1. The molecule has 8 nitrogen and oxygen atoms in total. The zero-order valence-corrected chi connectivity index (χ0v) is 21.0. The van der Waals surface area contributed by atoms with E-state index in [0.717, 1.165) is 81.5 Å². The molecule has 34 heavy (non-hydrogen) atoms. The molecule has 9 heteroatoms. The van der Waals surface area contributed by atoms with Crippen molar-refractivity contribution in [3.8, 4) is 11.3 Å². The summed E-state index contributed by atoms with van der Waals surface area (Å²) < 4.78 is 1.94. The zero-order valence-electron chi connectivity index (χ0n) is 20.2. The molecule has 0 aromatic carbocycles. The molecule has 0 unspecified atom stereocenters. The number of nitrogens with one attached hydrogen (secondary N) is 2. The summed E-state index contributed by atoms with van der Waals surface area (Å²) in [6.07, 6.45) is 15.8. The molecule has 2 aromatic rings. The number of anilines is 1. The lowest BCUT2D eigenvalue weighted by atomic mass is 9.91. The van der Waals surface area contributed by atoms with Crippen LogP contribution in [0.5, 0.6) is 0 Å². The minimum absolute atomic E-state index is 0.174. The first kappa shape index (κ1) is 24.9. The minimum atomic E-state index is 0.174. The molecule has 0 atom stereocenters. The first-order valence-electron chi connectivity index (χ1n) is 12.8. The fourth-order valence-corrected chi connectivity index (χ4v) is 4.96. The van der Waals surface area contributed by atoms with E-state index >= 15 is 0 Å². The van der Waals surface area contributed by atoms with Crippen LogP contribution < -0.4 is 16.4 Å². The highest BCUT2D eigenvalue weighted by atomic mass is 35.5. The van der Waals surface area contributed by atoms with Crippen molar-refractivity contribution in [3.05, 3.63) is 23.1 Å². The topological polar surface area (TPSA) is 111 Å². The Morgan fingerprint density at radius 3 is 2.56 bits per heavy atom. The highest BCUT2D eigenvalue weighted by Gasteiger charge is 2.27. The van der Waals surface area contributed by atoms with Gasteiger partial charge in [-0.3, -0.25) is 9.48 Å². The predicted octanol–water partition coefficient (Wildman–Crippen LogP) is 4.23. The van der Waals surface area contributed by atoms with E-state index in [1.807, 2.05) is 17.9 Å². The van der Waals surface area contributed by atoms with Crippen LogP contribution in [-0.2, 0) is 18.3 Å². The first-order valence-corrected chi connectivity index (χ1v) is 13.2. The molecule has 0 spiro atoms. The molecule has 1 amide bonds. The van der Waals surface area contributed by atoms with E-state index in [0.29, 0.717) is 23.4 Å². The number of nitrogens with two attached hydrogens (primary N) is 1. The molecule has 0 bridgehead atoms. The molecule has 2 fully saturated rings. The molecule has 4 N–H and O–H groups in total. The summed E-state index contributed by atoms with van der Waals surface area (Å²) in [6, 6.07) is 0.551. The van der Waals surface area contributed by atoms with Gasteiger partial charge in [-0.15, -0.1) is 0 Å². The highest BCUT2D eigenvalue weighted by molar-refractivity contribution is 6.32. The fraction of sp³-hybridized carbons (Fsp3) is 0.680. The van der Waals surface area contributed by atoms with Gasteiger partial charge in [0.25, 0.3) is 0 Å². The van der Waals surface area contributed by atoms with Gasteiger partial charge in [-0.05, 0) is 70.3 Å². The predicted molar refractivity (Wildman–Crippen MR) is 136 cm³/mol. The highest BCUT2D eigenvalue weighted by Crippen LogP contribution is 2.37. The van der Waals surface area contributed by atoms with E-state index in [-0.39, 0.29) is 11.9 Å². The van der Waals surface area contributed by atoms with Gasteiger partial charge in [0.2, 0.25) is 11.9 Å². The molecule has 2 aliphatic carbocycles.